The molecule has 2 rings (SSSR count). The van der Waals surface area contributed by atoms with E-state index in [0.29, 0.717) is 12.6 Å². The molecule has 1 aliphatic heterocycles. The summed E-state index contributed by atoms with van der Waals surface area (Å²) in [4.78, 5) is 6.93. The van der Waals surface area contributed by atoms with Gasteiger partial charge in [-0.1, -0.05) is 24.3 Å². The van der Waals surface area contributed by atoms with Gasteiger partial charge in [0.1, 0.15) is 0 Å². The molecule has 0 radical (unpaired) electrons. The topological polar surface area (TPSA) is 58.1 Å². The first-order valence-corrected chi connectivity index (χ1v) is 10.1. The first-order valence-electron chi connectivity index (χ1n) is 10.1. The van der Waals surface area contributed by atoms with Crippen molar-refractivity contribution >= 4 is 5.96 Å². The number of hydrogen-bond donors (Lipinski definition) is 2. The Labute approximate surface area is 164 Å². The van der Waals surface area contributed by atoms with Crippen LogP contribution in [0, 0.1) is 0 Å². The molecule has 1 atom stereocenters. The molecule has 0 aromatic heterocycles. The van der Waals surface area contributed by atoms with Gasteiger partial charge in [0.15, 0.2) is 5.96 Å². The van der Waals surface area contributed by atoms with E-state index < -0.39 is 0 Å². The number of hydrogen-bond acceptors (Lipinski definition) is 4. The molecule has 0 spiro atoms. The van der Waals surface area contributed by atoms with Gasteiger partial charge in [-0.15, -0.1) is 0 Å². The Morgan fingerprint density at radius 2 is 2.07 bits per heavy atom. The highest BCUT2D eigenvalue weighted by Crippen LogP contribution is 2.12. The quantitative estimate of drug-likeness (QED) is 0.353. The summed E-state index contributed by atoms with van der Waals surface area (Å²) in [6, 6.07) is 8.50. The lowest BCUT2D eigenvalue weighted by Gasteiger charge is -2.15. The van der Waals surface area contributed by atoms with E-state index in [2.05, 4.69) is 60.8 Å². The normalized spacial score (nSPS) is 17.5. The highest BCUT2D eigenvalue weighted by Gasteiger charge is 2.14. The molecule has 0 bridgehead atoms. The maximum atomic E-state index is 5.71. The van der Waals surface area contributed by atoms with Gasteiger partial charge in [-0.25, -0.2) is 4.99 Å². The van der Waals surface area contributed by atoms with E-state index in [1.54, 1.807) is 0 Å². The zero-order valence-electron chi connectivity index (χ0n) is 17.2. The first-order chi connectivity index (χ1) is 13.2. The Hall–Kier alpha value is -1.63. The molecule has 1 heterocycles. The van der Waals surface area contributed by atoms with E-state index in [1.807, 2.05) is 0 Å². The van der Waals surface area contributed by atoms with Crippen LogP contribution in [0.5, 0.6) is 0 Å². The summed E-state index contributed by atoms with van der Waals surface area (Å²) in [7, 11) is 4.18. The molecule has 0 aliphatic carbocycles. The minimum Gasteiger partial charge on any atom is -0.379 e. The van der Waals surface area contributed by atoms with Crippen LogP contribution in [0.2, 0.25) is 0 Å². The van der Waals surface area contributed by atoms with Gasteiger partial charge in [-0.05, 0) is 51.4 Å². The van der Waals surface area contributed by atoms with Crippen LogP contribution in [-0.2, 0) is 22.6 Å². The summed E-state index contributed by atoms with van der Waals surface area (Å²) in [5.41, 5.74) is 2.59. The molecular weight excluding hydrogens is 340 g/mol. The smallest absolute Gasteiger partial charge is 0.191 e. The van der Waals surface area contributed by atoms with Gasteiger partial charge in [0.05, 0.1) is 19.3 Å². The van der Waals surface area contributed by atoms with Gasteiger partial charge >= 0.3 is 0 Å². The standard InChI is InChI=1S/C21H36N4O2/c1-4-22-21(23-12-8-13-26-17-20-11-7-14-27-20)24-15-18-9-5-6-10-19(18)16-25(2)3/h5-6,9-10,20H,4,7-8,11-17H2,1-3H3,(H2,22,23,24). The zero-order valence-corrected chi connectivity index (χ0v) is 17.2. The van der Waals surface area contributed by atoms with Crippen molar-refractivity contribution in [3.63, 3.8) is 0 Å². The van der Waals surface area contributed by atoms with Crippen LogP contribution in [0.15, 0.2) is 29.3 Å². The second-order valence-electron chi connectivity index (χ2n) is 7.19. The first kappa shape index (κ1) is 21.7. The van der Waals surface area contributed by atoms with Gasteiger partial charge < -0.3 is 25.0 Å². The fourth-order valence-corrected chi connectivity index (χ4v) is 3.08. The number of rotatable bonds is 11. The van der Waals surface area contributed by atoms with E-state index in [4.69, 9.17) is 14.5 Å². The Kier molecular flexibility index (Phi) is 10.2. The largest absolute Gasteiger partial charge is 0.379 e. The van der Waals surface area contributed by atoms with Crippen LogP contribution in [-0.4, -0.2) is 64.0 Å². The lowest BCUT2D eigenvalue weighted by Crippen LogP contribution is -2.38. The van der Waals surface area contributed by atoms with E-state index in [0.717, 1.165) is 64.7 Å². The lowest BCUT2D eigenvalue weighted by atomic mass is 10.1. The molecule has 0 amide bonds. The fraction of sp³-hybridized carbons (Fsp3) is 0.667. The predicted octanol–water partition coefficient (Wildman–Crippen LogP) is 2.39. The lowest BCUT2D eigenvalue weighted by molar-refractivity contribution is 0.0168. The molecule has 27 heavy (non-hydrogen) atoms. The number of ether oxygens (including phenoxy) is 2. The molecule has 2 N–H and O–H groups in total. The Bertz CT molecular complexity index is 557. The average Bonchev–Trinajstić information content (AvgIpc) is 3.16. The van der Waals surface area contributed by atoms with Gasteiger partial charge in [0.2, 0.25) is 0 Å². The monoisotopic (exact) mass is 376 g/mol. The Morgan fingerprint density at radius 1 is 1.26 bits per heavy atom. The summed E-state index contributed by atoms with van der Waals surface area (Å²) in [6.07, 6.45) is 3.55. The maximum absolute atomic E-state index is 5.71. The van der Waals surface area contributed by atoms with Crippen LogP contribution in [0.4, 0.5) is 0 Å². The second kappa shape index (κ2) is 12.7. The Balaban J connectivity index is 1.73. The highest BCUT2D eigenvalue weighted by atomic mass is 16.5. The van der Waals surface area contributed by atoms with Gasteiger partial charge in [0.25, 0.3) is 0 Å². The molecule has 1 aromatic rings. The summed E-state index contributed by atoms with van der Waals surface area (Å²) in [6.45, 7) is 7.73. The highest BCUT2D eigenvalue weighted by molar-refractivity contribution is 5.79. The van der Waals surface area contributed by atoms with Crippen molar-refractivity contribution in [1.82, 2.24) is 15.5 Å². The van der Waals surface area contributed by atoms with Gasteiger partial charge in [-0.3, -0.25) is 0 Å². The number of nitrogens with one attached hydrogen (secondary N) is 2. The fourth-order valence-electron chi connectivity index (χ4n) is 3.08. The third kappa shape index (κ3) is 8.73. The van der Waals surface area contributed by atoms with Crippen LogP contribution in [0.25, 0.3) is 0 Å². The van der Waals surface area contributed by atoms with Crippen LogP contribution >= 0.6 is 0 Å². The number of aliphatic imine (C=N–C) groups is 1. The molecular formula is C21H36N4O2. The number of guanidine groups is 1. The van der Waals surface area contributed by atoms with Crippen molar-refractivity contribution in [2.45, 2.75) is 45.4 Å². The molecule has 6 nitrogen and oxygen atoms in total. The van der Waals surface area contributed by atoms with Crippen molar-refractivity contribution in [3.8, 4) is 0 Å². The third-order valence-electron chi connectivity index (χ3n) is 4.44. The maximum Gasteiger partial charge on any atom is 0.191 e. The van der Waals surface area contributed by atoms with Crippen molar-refractivity contribution in [2.75, 3.05) is 47.0 Å². The molecule has 1 fully saturated rings. The molecule has 1 aromatic carbocycles. The SMILES string of the molecule is CCNC(=NCc1ccccc1CN(C)C)NCCCOCC1CCCO1. The Morgan fingerprint density at radius 3 is 2.78 bits per heavy atom. The van der Waals surface area contributed by atoms with Gasteiger partial charge in [0, 0.05) is 32.8 Å². The summed E-state index contributed by atoms with van der Waals surface area (Å²) >= 11 is 0. The average molecular weight is 377 g/mol. The molecule has 6 heteroatoms. The van der Waals surface area contributed by atoms with Crippen molar-refractivity contribution in [2.24, 2.45) is 4.99 Å². The van der Waals surface area contributed by atoms with E-state index in [9.17, 15) is 0 Å². The second-order valence-corrected chi connectivity index (χ2v) is 7.19. The number of nitrogens with zero attached hydrogens (tertiary/aromatic N) is 2. The minimum absolute atomic E-state index is 0.305. The van der Waals surface area contributed by atoms with Crippen molar-refractivity contribution in [3.05, 3.63) is 35.4 Å². The molecule has 1 unspecified atom stereocenters. The van der Waals surface area contributed by atoms with E-state index >= 15 is 0 Å². The van der Waals surface area contributed by atoms with Crippen molar-refractivity contribution in [1.29, 1.82) is 0 Å². The summed E-state index contributed by atoms with van der Waals surface area (Å²) < 4.78 is 11.3. The predicted molar refractivity (Wildman–Crippen MR) is 111 cm³/mol. The molecule has 1 aliphatic rings. The van der Waals surface area contributed by atoms with Crippen molar-refractivity contribution < 1.29 is 9.47 Å². The van der Waals surface area contributed by atoms with Crippen LogP contribution in [0.1, 0.15) is 37.3 Å². The van der Waals surface area contributed by atoms with E-state index in [-0.39, 0.29) is 0 Å². The van der Waals surface area contributed by atoms with Gasteiger partial charge in [-0.2, -0.15) is 0 Å². The zero-order chi connectivity index (χ0) is 19.3. The molecule has 152 valence electrons. The molecule has 1 saturated heterocycles. The van der Waals surface area contributed by atoms with Crippen LogP contribution in [0.3, 0.4) is 0 Å². The molecule has 0 saturated carbocycles. The third-order valence-corrected chi connectivity index (χ3v) is 4.44. The van der Waals surface area contributed by atoms with E-state index in [1.165, 1.54) is 11.1 Å². The van der Waals surface area contributed by atoms with Crippen LogP contribution < -0.4 is 10.6 Å². The summed E-state index contributed by atoms with van der Waals surface area (Å²) in [5, 5.41) is 6.71. The number of benzene rings is 1. The minimum atomic E-state index is 0.305. The summed E-state index contributed by atoms with van der Waals surface area (Å²) in [5.74, 6) is 0.858.